The molecule has 0 aliphatic carbocycles. The molecule has 0 heteroatoms. The van der Waals surface area contributed by atoms with Crippen LogP contribution in [0, 0.1) is 39.8 Å². The third-order valence-corrected chi connectivity index (χ3v) is 3.31. The van der Waals surface area contributed by atoms with Crippen molar-refractivity contribution in [3.05, 3.63) is 58.7 Å². The minimum atomic E-state index is 1.18. The van der Waals surface area contributed by atoms with E-state index in [1.54, 1.807) is 0 Å². The Morgan fingerprint density at radius 1 is 0.688 bits per heavy atom. The van der Waals surface area contributed by atoms with Crippen molar-refractivity contribution in [2.24, 2.45) is 0 Å². The molecule has 0 unspecified atom stereocenters. The first kappa shape index (κ1) is 10.9. The van der Waals surface area contributed by atoms with Crippen LogP contribution in [-0.2, 0) is 0 Å². The van der Waals surface area contributed by atoms with Crippen LogP contribution in [-0.4, -0.2) is 0 Å². The van der Waals surface area contributed by atoms with Crippen LogP contribution in [0.5, 0.6) is 0 Å². The van der Waals surface area contributed by atoms with Gasteiger partial charge in [-0.15, -0.1) is 0 Å². The lowest BCUT2D eigenvalue weighted by atomic mass is 9.92. The highest BCUT2D eigenvalue weighted by molar-refractivity contribution is 5.71. The fourth-order valence-electron chi connectivity index (χ4n) is 1.88. The van der Waals surface area contributed by atoms with Gasteiger partial charge in [-0.2, -0.15) is 0 Å². The molecule has 0 amide bonds. The van der Waals surface area contributed by atoms with Crippen LogP contribution in [0.25, 0.3) is 11.1 Å². The van der Waals surface area contributed by atoms with Crippen LogP contribution in [0.1, 0.15) is 22.3 Å². The molecule has 0 N–H and O–H groups in total. The molecule has 2 aromatic rings. The van der Waals surface area contributed by atoms with Gasteiger partial charge in [0, 0.05) is 0 Å². The predicted molar refractivity (Wildman–Crippen MR) is 68.5 cm³/mol. The highest BCUT2D eigenvalue weighted by Crippen LogP contribution is 2.28. The molecule has 0 heterocycles. The average Bonchev–Trinajstić information content (AvgIpc) is 2.27. The molecular weight excluding hydrogens is 192 g/mol. The lowest BCUT2D eigenvalue weighted by molar-refractivity contribution is 1.30. The van der Waals surface area contributed by atoms with Crippen LogP contribution >= 0.6 is 0 Å². The van der Waals surface area contributed by atoms with Gasteiger partial charge in [-0.05, 0) is 73.2 Å². The third-order valence-electron chi connectivity index (χ3n) is 3.31. The Balaban J connectivity index is 2.68. The monoisotopic (exact) mass is 208 g/mol. The fraction of sp³-hybridized carbons (Fsp3) is 0.250. The van der Waals surface area contributed by atoms with Gasteiger partial charge in [0.2, 0.25) is 0 Å². The van der Waals surface area contributed by atoms with E-state index >= 15 is 0 Å². The Labute approximate surface area is 97.9 Å². The maximum Gasteiger partial charge on any atom is -0.00642 e. The van der Waals surface area contributed by atoms with Gasteiger partial charge in [0.25, 0.3) is 0 Å². The number of benzene rings is 2. The maximum atomic E-state index is 3.33. The van der Waals surface area contributed by atoms with E-state index < -0.39 is 0 Å². The molecule has 2 rings (SSSR count). The van der Waals surface area contributed by atoms with Crippen LogP contribution in [0.2, 0.25) is 0 Å². The molecule has 0 aromatic heterocycles. The molecule has 2 radical (unpaired) electrons. The molecule has 0 spiro atoms. The lowest BCUT2D eigenvalue weighted by Crippen LogP contribution is -1.92. The largest absolute Gasteiger partial charge is 0.0584 e. The highest BCUT2D eigenvalue weighted by Gasteiger charge is 2.07. The van der Waals surface area contributed by atoms with E-state index in [1.165, 1.54) is 33.4 Å². The lowest BCUT2D eigenvalue weighted by Gasteiger charge is -2.12. The molecule has 0 aliphatic rings. The molecule has 80 valence electrons. The van der Waals surface area contributed by atoms with E-state index in [-0.39, 0.29) is 0 Å². The van der Waals surface area contributed by atoms with E-state index in [4.69, 9.17) is 0 Å². The van der Waals surface area contributed by atoms with Gasteiger partial charge < -0.3 is 0 Å². The summed E-state index contributed by atoms with van der Waals surface area (Å²) in [4.78, 5) is 0. The van der Waals surface area contributed by atoms with Crippen molar-refractivity contribution in [3.63, 3.8) is 0 Å². The molecule has 0 saturated heterocycles. The van der Waals surface area contributed by atoms with E-state index in [0.717, 1.165) is 0 Å². The molecule has 16 heavy (non-hydrogen) atoms. The van der Waals surface area contributed by atoms with Gasteiger partial charge in [0.05, 0.1) is 0 Å². The smallest absolute Gasteiger partial charge is 0.00642 e. The molecule has 0 nitrogen and oxygen atoms in total. The zero-order valence-electron chi connectivity index (χ0n) is 10.3. The summed E-state index contributed by atoms with van der Waals surface area (Å²) in [5.74, 6) is 0. The second-order valence-corrected chi connectivity index (χ2v) is 4.32. The van der Waals surface area contributed by atoms with Gasteiger partial charge in [-0.1, -0.05) is 24.3 Å². The summed E-state index contributed by atoms with van der Waals surface area (Å²) in [7, 11) is 0. The molecule has 0 fully saturated rings. The van der Waals surface area contributed by atoms with Gasteiger partial charge in [0.15, 0.2) is 0 Å². The highest BCUT2D eigenvalue weighted by atomic mass is 14.1. The first-order valence-corrected chi connectivity index (χ1v) is 5.57. The molecule has 0 aliphatic heterocycles. The first-order chi connectivity index (χ1) is 7.61. The molecule has 2 aromatic carbocycles. The van der Waals surface area contributed by atoms with Crippen LogP contribution < -0.4 is 0 Å². The minimum absolute atomic E-state index is 1.18. The topological polar surface area (TPSA) is 0 Å². The van der Waals surface area contributed by atoms with Crippen molar-refractivity contribution < 1.29 is 0 Å². The average molecular weight is 208 g/mol. The summed E-state index contributed by atoms with van der Waals surface area (Å²) in [6.45, 7) is 8.57. The van der Waals surface area contributed by atoms with Gasteiger partial charge >= 0.3 is 0 Å². The summed E-state index contributed by atoms with van der Waals surface area (Å²) in [6.07, 6.45) is 0. The molecule has 0 bridgehead atoms. The quantitative estimate of drug-likeness (QED) is 0.659. The molecule has 0 saturated carbocycles. The number of hydrogen-bond donors (Lipinski definition) is 0. The zero-order valence-corrected chi connectivity index (χ0v) is 10.3. The SMILES string of the molecule is Cc1cc[c]c(-c2[c]ccc(C)c2C)c1C. The van der Waals surface area contributed by atoms with Gasteiger partial charge in [0.1, 0.15) is 0 Å². The Morgan fingerprint density at radius 2 is 1.06 bits per heavy atom. The maximum absolute atomic E-state index is 3.33. The Morgan fingerprint density at radius 3 is 1.44 bits per heavy atom. The number of hydrogen-bond acceptors (Lipinski definition) is 0. The van der Waals surface area contributed by atoms with E-state index in [9.17, 15) is 0 Å². The summed E-state index contributed by atoms with van der Waals surface area (Å²) in [5, 5.41) is 0. The minimum Gasteiger partial charge on any atom is -0.0584 e. The summed E-state index contributed by atoms with van der Waals surface area (Å²) in [5.41, 5.74) is 7.58. The predicted octanol–water partition coefficient (Wildman–Crippen LogP) is 4.19. The van der Waals surface area contributed by atoms with Crippen molar-refractivity contribution in [3.8, 4) is 11.1 Å². The standard InChI is InChI=1S/C16H16/c1-11-7-5-9-15(13(11)3)16-10-6-8-12(2)14(16)4/h5-8H,1-4H3. The van der Waals surface area contributed by atoms with Crippen LogP contribution in [0.3, 0.4) is 0 Å². The van der Waals surface area contributed by atoms with E-state index in [2.05, 4.69) is 52.0 Å². The number of rotatable bonds is 1. The summed E-state index contributed by atoms with van der Waals surface area (Å²) < 4.78 is 0. The third kappa shape index (κ3) is 1.76. The summed E-state index contributed by atoms with van der Waals surface area (Å²) in [6, 6.07) is 14.9. The van der Waals surface area contributed by atoms with Gasteiger partial charge in [-0.25, -0.2) is 0 Å². The van der Waals surface area contributed by atoms with Crippen molar-refractivity contribution >= 4 is 0 Å². The number of aryl methyl sites for hydroxylation is 2. The molecule has 0 atom stereocenters. The van der Waals surface area contributed by atoms with Crippen molar-refractivity contribution in [2.45, 2.75) is 27.7 Å². The Hall–Kier alpha value is -1.56. The van der Waals surface area contributed by atoms with Crippen molar-refractivity contribution in [1.82, 2.24) is 0 Å². The second-order valence-electron chi connectivity index (χ2n) is 4.32. The van der Waals surface area contributed by atoms with Crippen molar-refractivity contribution in [1.29, 1.82) is 0 Å². The van der Waals surface area contributed by atoms with E-state index in [0.29, 0.717) is 0 Å². The fourth-order valence-corrected chi connectivity index (χ4v) is 1.88. The van der Waals surface area contributed by atoms with E-state index in [1.807, 2.05) is 12.1 Å². The van der Waals surface area contributed by atoms with Crippen LogP contribution in [0.15, 0.2) is 24.3 Å². The normalized spacial score (nSPS) is 10.5. The summed E-state index contributed by atoms with van der Waals surface area (Å²) >= 11 is 0. The Bertz CT molecular complexity index is 472. The second kappa shape index (κ2) is 4.13. The van der Waals surface area contributed by atoms with Crippen molar-refractivity contribution in [2.75, 3.05) is 0 Å². The van der Waals surface area contributed by atoms with Crippen LogP contribution in [0.4, 0.5) is 0 Å². The molecular formula is C16H16. The van der Waals surface area contributed by atoms with Gasteiger partial charge in [-0.3, -0.25) is 0 Å². The zero-order chi connectivity index (χ0) is 11.7. The first-order valence-electron chi connectivity index (χ1n) is 5.57. The Kier molecular flexibility index (Phi) is 2.82.